The van der Waals surface area contributed by atoms with Crippen LogP contribution in [0.1, 0.15) is 31.2 Å². The minimum Gasteiger partial charge on any atom is -0.550 e. The van der Waals surface area contributed by atoms with Gasteiger partial charge in [0.2, 0.25) is 0 Å². The van der Waals surface area contributed by atoms with Gasteiger partial charge in [0, 0.05) is 12.5 Å². The van der Waals surface area contributed by atoms with E-state index < -0.39 is 5.97 Å². The summed E-state index contributed by atoms with van der Waals surface area (Å²) in [5, 5.41) is 10.4. The summed E-state index contributed by atoms with van der Waals surface area (Å²) in [6.45, 7) is 4.55. The maximum Gasteiger partial charge on any atom is 0.266 e. The van der Waals surface area contributed by atoms with Crippen LogP contribution in [0.3, 0.4) is 0 Å². The van der Waals surface area contributed by atoms with Crippen molar-refractivity contribution < 1.29 is 19.4 Å². The molecule has 0 N–H and O–H groups in total. The smallest absolute Gasteiger partial charge is 0.266 e. The Kier molecular flexibility index (Phi) is 7.87. The van der Waals surface area contributed by atoms with E-state index in [1.807, 2.05) is 30.3 Å². The standard InChI is InChI=1S/C19H21NO4S2/c1-2-12-24-15-9-7-14(8-10-15)13-16-18(23)20(19(25)26-16)11-5-3-4-6-17(21)22/h2,7-10,13H,1,3-6,11-12H2,(H,21,22)/p-1/b16-13+. The van der Waals surface area contributed by atoms with Crippen LogP contribution in [-0.2, 0) is 9.59 Å². The summed E-state index contributed by atoms with van der Waals surface area (Å²) in [6, 6.07) is 7.44. The molecule has 0 atom stereocenters. The third kappa shape index (κ3) is 6.00. The lowest BCUT2D eigenvalue weighted by atomic mass is 10.2. The Bertz CT molecular complexity index is 713. The van der Waals surface area contributed by atoms with E-state index in [4.69, 9.17) is 17.0 Å². The third-order valence-corrected chi connectivity index (χ3v) is 5.06. The summed E-state index contributed by atoms with van der Waals surface area (Å²) in [5.74, 6) is -0.405. The van der Waals surface area contributed by atoms with Crippen molar-refractivity contribution in [3.63, 3.8) is 0 Å². The molecule has 1 aromatic carbocycles. The molecule has 2 rings (SSSR count). The van der Waals surface area contributed by atoms with Gasteiger partial charge in [-0.25, -0.2) is 0 Å². The van der Waals surface area contributed by atoms with Crippen LogP contribution in [0.2, 0.25) is 0 Å². The molecule has 1 heterocycles. The summed E-state index contributed by atoms with van der Waals surface area (Å²) >= 11 is 6.58. The highest BCUT2D eigenvalue weighted by atomic mass is 32.2. The van der Waals surface area contributed by atoms with E-state index in [0.29, 0.717) is 35.2 Å². The average molecular weight is 391 g/mol. The maximum atomic E-state index is 12.5. The van der Waals surface area contributed by atoms with Crippen LogP contribution in [0.5, 0.6) is 5.75 Å². The number of thiocarbonyl (C=S) groups is 1. The zero-order valence-corrected chi connectivity index (χ0v) is 15.9. The second-order valence-corrected chi connectivity index (χ2v) is 7.36. The Hall–Kier alpha value is -2.12. The summed E-state index contributed by atoms with van der Waals surface area (Å²) in [7, 11) is 0. The molecule has 0 unspecified atom stereocenters. The highest BCUT2D eigenvalue weighted by Gasteiger charge is 2.31. The van der Waals surface area contributed by atoms with Crippen molar-refractivity contribution in [3.8, 4) is 5.75 Å². The minimum atomic E-state index is -1.04. The van der Waals surface area contributed by atoms with Crippen molar-refractivity contribution in [2.45, 2.75) is 25.7 Å². The molecule has 1 aromatic rings. The lowest BCUT2D eigenvalue weighted by molar-refractivity contribution is -0.305. The summed E-state index contributed by atoms with van der Waals surface area (Å²) < 4.78 is 5.97. The predicted octanol–water partition coefficient (Wildman–Crippen LogP) is 2.76. The van der Waals surface area contributed by atoms with Gasteiger partial charge in [0.15, 0.2) is 0 Å². The van der Waals surface area contributed by atoms with E-state index in [2.05, 4.69) is 6.58 Å². The highest BCUT2D eigenvalue weighted by molar-refractivity contribution is 8.26. The number of unbranched alkanes of at least 4 members (excludes halogenated alkanes) is 2. The number of aliphatic carboxylic acids is 1. The van der Waals surface area contributed by atoms with Crippen molar-refractivity contribution in [2.75, 3.05) is 13.2 Å². The Labute approximate surface area is 162 Å². The second-order valence-electron chi connectivity index (χ2n) is 5.68. The van der Waals surface area contributed by atoms with E-state index >= 15 is 0 Å². The zero-order chi connectivity index (χ0) is 18.9. The fourth-order valence-electron chi connectivity index (χ4n) is 2.38. The van der Waals surface area contributed by atoms with Crippen LogP contribution in [0.4, 0.5) is 0 Å². The van der Waals surface area contributed by atoms with E-state index in [9.17, 15) is 14.7 Å². The molecule has 0 aliphatic carbocycles. The fraction of sp³-hybridized carbons (Fsp3) is 0.316. The topological polar surface area (TPSA) is 69.7 Å². The van der Waals surface area contributed by atoms with Gasteiger partial charge < -0.3 is 14.6 Å². The Morgan fingerprint density at radius 3 is 2.65 bits per heavy atom. The summed E-state index contributed by atoms with van der Waals surface area (Å²) in [4.78, 5) is 25.1. The molecule has 1 aliphatic rings. The highest BCUT2D eigenvalue weighted by Crippen LogP contribution is 2.33. The number of hydrogen-bond acceptors (Lipinski definition) is 6. The molecule has 0 aromatic heterocycles. The van der Waals surface area contributed by atoms with Gasteiger partial charge in [-0.05, 0) is 43.0 Å². The Balaban J connectivity index is 1.91. The van der Waals surface area contributed by atoms with Crippen molar-refractivity contribution in [3.05, 3.63) is 47.4 Å². The van der Waals surface area contributed by atoms with Gasteiger partial charge in [0.05, 0.1) is 4.91 Å². The van der Waals surface area contributed by atoms with Crippen LogP contribution in [-0.4, -0.2) is 34.2 Å². The number of benzene rings is 1. The van der Waals surface area contributed by atoms with Gasteiger partial charge in [-0.3, -0.25) is 9.69 Å². The molecular formula is C19H20NO4S2-. The molecule has 0 radical (unpaired) electrons. The molecule has 1 aliphatic heterocycles. The summed E-state index contributed by atoms with van der Waals surface area (Å²) in [6.07, 6.45) is 5.52. The van der Waals surface area contributed by atoms with Gasteiger partial charge in [-0.15, -0.1) is 0 Å². The van der Waals surface area contributed by atoms with Gasteiger partial charge in [-0.2, -0.15) is 0 Å². The number of carboxylic acids is 1. The molecular weight excluding hydrogens is 370 g/mol. The largest absolute Gasteiger partial charge is 0.550 e. The monoisotopic (exact) mass is 390 g/mol. The number of nitrogens with zero attached hydrogens (tertiary/aromatic N) is 1. The van der Waals surface area contributed by atoms with Crippen LogP contribution >= 0.6 is 24.0 Å². The minimum absolute atomic E-state index is 0.0464. The van der Waals surface area contributed by atoms with E-state index in [1.165, 1.54) is 11.8 Å². The van der Waals surface area contributed by atoms with Crippen LogP contribution in [0.25, 0.3) is 6.08 Å². The maximum absolute atomic E-state index is 12.5. The number of carboxylic acid groups (broad SMARTS) is 1. The lowest BCUT2D eigenvalue weighted by Gasteiger charge is -2.14. The van der Waals surface area contributed by atoms with Crippen molar-refractivity contribution in [1.29, 1.82) is 0 Å². The van der Waals surface area contributed by atoms with Gasteiger partial charge >= 0.3 is 0 Å². The van der Waals surface area contributed by atoms with Crippen LogP contribution in [0, 0.1) is 0 Å². The number of hydrogen-bond donors (Lipinski definition) is 0. The molecule has 138 valence electrons. The zero-order valence-electron chi connectivity index (χ0n) is 14.3. The normalized spacial score (nSPS) is 15.5. The number of rotatable bonds is 10. The summed E-state index contributed by atoms with van der Waals surface area (Å²) in [5.41, 5.74) is 0.894. The van der Waals surface area contributed by atoms with Gasteiger partial charge in [0.1, 0.15) is 16.7 Å². The SMILES string of the molecule is C=CCOc1ccc(/C=C2/SC(=S)N(CCCCCC(=O)[O-])C2=O)cc1. The molecule has 0 bridgehead atoms. The molecule has 1 fully saturated rings. The molecule has 1 saturated heterocycles. The molecule has 0 saturated carbocycles. The number of ether oxygens (including phenoxy) is 1. The lowest BCUT2D eigenvalue weighted by Crippen LogP contribution is -2.29. The predicted molar refractivity (Wildman–Crippen MR) is 105 cm³/mol. The number of thioether (sulfide) groups is 1. The first kappa shape index (κ1) is 20.2. The molecule has 1 amide bonds. The van der Waals surface area contributed by atoms with Gasteiger partial charge in [-0.1, -0.05) is 55.2 Å². The number of carbonyl (C=O) groups excluding carboxylic acids is 2. The van der Waals surface area contributed by atoms with Crippen molar-refractivity contribution >= 4 is 46.3 Å². The van der Waals surface area contributed by atoms with E-state index in [0.717, 1.165) is 17.7 Å². The van der Waals surface area contributed by atoms with Gasteiger partial charge in [0.25, 0.3) is 5.91 Å². The molecule has 5 nitrogen and oxygen atoms in total. The quantitative estimate of drug-likeness (QED) is 0.265. The first-order valence-corrected chi connectivity index (χ1v) is 9.52. The van der Waals surface area contributed by atoms with E-state index in [1.54, 1.807) is 11.0 Å². The van der Waals surface area contributed by atoms with Crippen LogP contribution in [0.15, 0.2) is 41.8 Å². The first-order valence-electron chi connectivity index (χ1n) is 8.30. The first-order chi connectivity index (χ1) is 12.5. The van der Waals surface area contributed by atoms with Crippen molar-refractivity contribution in [2.24, 2.45) is 0 Å². The molecule has 7 heteroatoms. The number of amides is 1. The van der Waals surface area contributed by atoms with Crippen LogP contribution < -0.4 is 9.84 Å². The number of carbonyl (C=O) groups is 2. The second kappa shape index (κ2) is 10.1. The third-order valence-electron chi connectivity index (χ3n) is 3.68. The Morgan fingerprint density at radius 2 is 2.00 bits per heavy atom. The molecule has 0 spiro atoms. The molecule has 26 heavy (non-hydrogen) atoms. The van der Waals surface area contributed by atoms with E-state index in [-0.39, 0.29) is 12.3 Å². The average Bonchev–Trinajstić information content (AvgIpc) is 2.87. The van der Waals surface area contributed by atoms with Crippen molar-refractivity contribution in [1.82, 2.24) is 4.90 Å². The fourth-order valence-corrected chi connectivity index (χ4v) is 3.68. The Morgan fingerprint density at radius 1 is 1.27 bits per heavy atom.